The summed E-state index contributed by atoms with van der Waals surface area (Å²) in [6.45, 7) is 4.33. The molecule has 3 aromatic rings. The number of carbonyl (C=O) groups is 1. The summed E-state index contributed by atoms with van der Waals surface area (Å²) in [6.07, 6.45) is 1.77. The SMILES string of the molecule is C=CCn1c(SCC(=O)c2ccc(Cl)cc2)nnc1-c1ccccc1OC. The molecule has 3 rings (SSSR count). The number of hydrogen-bond acceptors (Lipinski definition) is 5. The molecule has 0 saturated carbocycles. The van der Waals surface area contributed by atoms with Crippen LogP contribution in [0.5, 0.6) is 5.75 Å². The van der Waals surface area contributed by atoms with Gasteiger partial charge in [-0.2, -0.15) is 0 Å². The highest BCUT2D eigenvalue weighted by molar-refractivity contribution is 7.99. The van der Waals surface area contributed by atoms with Gasteiger partial charge in [0, 0.05) is 17.1 Å². The Morgan fingerprint density at radius 1 is 1.22 bits per heavy atom. The van der Waals surface area contributed by atoms with E-state index < -0.39 is 0 Å². The quantitative estimate of drug-likeness (QED) is 0.310. The molecular formula is C20H18ClN3O2S. The third-order valence-electron chi connectivity index (χ3n) is 3.87. The first-order chi connectivity index (χ1) is 13.1. The van der Waals surface area contributed by atoms with Crippen LogP contribution in [0.15, 0.2) is 66.3 Å². The number of benzene rings is 2. The lowest BCUT2D eigenvalue weighted by atomic mass is 10.1. The lowest BCUT2D eigenvalue weighted by Crippen LogP contribution is -2.05. The fourth-order valence-corrected chi connectivity index (χ4v) is 3.54. The molecule has 0 spiro atoms. The van der Waals surface area contributed by atoms with Crippen LogP contribution in [-0.4, -0.2) is 33.4 Å². The Balaban J connectivity index is 1.84. The van der Waals surface area contributed by atoms with Gasteiger partial charge in [-0.3, -0.25) is 9.36 Å². The van der Waals surface area contributed by atoms with Crippen LogP contribution in [0.1, 0.15) is 10.4 Å². The van der Waals surface area contributed by atoms with Gasteiger partial charge < -0.3 is 4.74 Å². The van der Waals surface area contributed by atoms with Crippen LogP contribution in [0.2, 0.25) is 5.02 Å². The van der Waals surface area contributed by atoms with Crippen LogP contribution in [0, 0.1) is 0 Å². The van der Waals surface area contributed by atoms with Crippen LogP contribution < -0.4 is 4.74 Å². The second kappa shape index (κ2) is 8.88. The summed E-state index contributed by atoms with van der Waals surface area (Å²) in [5.41, 5.74) is 1.46. The highest BCUT2D eigenvalue weighted by Crippen LogP contribution is 2.31. The van der Waals surface area contributed by atoms with E-state index in [1.54, 1.807) is 37.5 Å². The number of ether oxygens (including phenoxy) is 1. The van der Waals surface area contributed by atoms with Crippen molar-refractivity contribution in [1.82, 2.24) is 14.8 Å². The van der Waals surface area contributed by atoms with E-state index >= 15 is 0 Å². The summed E-state index contributed by atoms with van der Waals surface area (Å²) in [5, 5.41) is 9.83. The van der Waals surface area contributed by atoms with Crippen molar-refractivity contribution >= 4 is 29.1 Å². The molecule has 1 aromatic heterocycles. The second-order valence-electron chi connectivity index (χ2n) is 5.62. The molecule has 0 aliphatic rings. The average molecular weight is 400 g/mol. The molecule has 0 fully saturated rings. The molecule has 0 atom stereocenters. The van der Waals surface area contributed by atoms with Crippen LogP contribution in [0.3, 0.4) is 0 Å². The van der Waals surface area contributed by atoms with E-state index in [-0.39, 0.29) is 11.5 Å². The van der Waals surface area contributed by atoms with Gasteiger partial charge in [-0.15, -0.1) is 16.8 Å². The number of halogens is 1. The molecule has 0 N–H and O–H groups in total. The first-order valence-electron chi connectivity index (χ1n) is 8.23. The van der Waals surface area contributed by atoms with Gasteiger partial charge in [0.15, 0.2) is 16.8 Å². The van der Waals surface area contributed by atoms with Crippen molar-refractivity contribution in [3.05, 3.63) is 71.8 Å². The van der Waals surface area contributed by atoms with E-state index in [1.165, 1.54) is 11.8 Å². The highest BCUT2D eigenvalue weighted by Gasteiger charge is 2.18. The topological polar surface area (TPSA) is 57.0 Å². The van der Waals surface area contributed by atoms with Crippen LogP contribution in [-0.2, 0) is 6.54 Å². The Hall–Kier alpha value is -2.57. The largest absolute Gasteiger partial charge is 0.496 e. The molecular weight excluding hydrogens is 382 g/mol. The summed E-state index contributed by atoms with van der Waals surface area (Å²) in [6, 6.07) is 14.5. The third-order valence-corrected chi connectivity index (χ3v) is 5.09. The van der Waals surface area contributed by atoms with E-state index in [2.05, 4.69) is 16.8 Å². The Bertz CT molecular complexity index is 954. The summed E-state index contributed by atoms with van der Waals surface area (Å²) in [7, 11) is 1.62. The average Bonchev–Trinajstić information content (AvgIpc) is 3.09. The molecule has 0 saturated heterocycles. The zero-order valence-corrected chi connectivity index (χ0v) is 16.3. The standard InChI is InChI=1S/C20H18ClN3O2S/c1-3-12-24-19(16-6-4-5-7-18(16)26-2)22-23-20(24)27-13-17(25)14-8-10-15(21)11-9-14/h3-11H,1,12-13H2,2H3. The van der Waals surface area contributed by atoms with Crippen LogP contribution in [0.4, 0.5) is 0 Å². The van der Waals surface area contributed by atoms with Gasteiger partial charge in [-0.25, -0.2) is 0 Å². The molecule has 7 heteroatoms. The van der Waals surface area contributed by atoms with Crippen molar-refractivity contribution < 1.29 is 9.53 Å². The number of allylic oxidation sites excluding steroid dienone is 1. The van der Waals surface area contributed by atoms with Crippen molar-refractivity contribution in [2.24, 2.45) is 0 Å². The number of aromatic nitrogens is 3. The molecule has 0 bridgehead atoms. The molecule has 27 heavy (non-hydrogen) atoms. The molecule has 2 aromatic carbocycles. The van der Waals surface area contributed by atoms with E-state index in [9.17, 15) is 4.79 Å². The Kier molecular flexibility index (Phi) is 6.32. The van der Waals surface area contributed by atoms with Gasteiger partial charge in [-0.05, 0) is 36.4 Å². The zero-order chi connectivity index (χ0) is 19.2. The van der Waals surface area contributed by atoms with E-state index in [1.807, 2.05) is 28.8 Å². The van der Waals surface area contributed by atoms with Gasteiger partial charge in [0.1, 0.15) is 5.75 Å². The minimum absolute atomic E-state index is 0.00339. The summed E-state index contributed by atoms with van der Waals surface area (Å²) < 4.78 is 7.35. The van der Waals surface area contributed by atoms with Gasteiger partial charge in [0.05, 0.1) is 18.4 Å². The number of carbonyl (C=O) groups excluding carboxylic acids is 1. The molecule has 138 valence electrons. The van der Waals surface area contributed by atoms with Gasteiger partial charge in [0.2, 0.25) is 0 Å². The van der Waals surface area contributed by atoms with Gasteiger partial charge >= 0.3 is 0 Å². The molecule has 0 unspecified atom stereocenters. The van der Waals surface area contributed by atoms with Crippen molar-refractivity contribution in [3.63, 3.8) is 0 Å². The Morgan fingerprint density at radius 3 is 2.67 bits per heavy atom. The minimum atomic E-state index is 0.00339. The first kappa shape index (κ1) is 19.2. The molecule has 0 aliphatic carbocycles. The lowest BCUT2D eigenvalue weighted by molar-refractivity contribution is 0.102. The van der Waals surface area contributed by atoms with Gasteiger partial charge in [0.25, 0.3) is 0 Å². The molecule has 0 aliphatic heterocycles. The number of nitrogens with zero attached hydrogens (tertiary/aromatic N) is 3. The van der Waals surface area contributed by atoms with Gasteiger partial charge in [-0.1, -0.05) is 41.6 Å². The van der Waals surface area contributed by atoms with Crippen molar-refractivity contribution in [2.45, 2.75) is 11.7 Å². The number of thioether (sulfide) groups is 1. The predicted molar refractivity (Wildman–Crippen MR) is 109 cm³/mol. The smallest absolute Gasteiger partial charge is 0.192 e. The maximum Gasteiger partial charge on any atom is 0.192 e. The van der Waals surface area contributed by atoms with Crippen molar-refractivity contribution in [1.29, 1.82) is 0 Å². The van der Waals surface area contributed by atoms with Crippen LogP contribution >= 0.6 is 23.4 Å². The summed E-state index contributed by atoms with van der Waals surface area (Å²) >= 11 is 7.21. The number of Topliss-reactive ketones (excluding diaryl/α,β-unsaturated/α-hetero) is 1. The number of ketones is 1. The van der Waals surface area contributed by atoms with Crippen molar-refractivity contribution in [2.75, 3.05) is 12.9 Å². The fraction of sp³-hybridized carbons (Fsp3) is 0.150. The van der Waals surface area contributed by atoms with Crippen LogP contribution in [0.25, 0.3) is 11.4 Å². The third kappa shape index (κ3) is 4.40. The zero-order valence-electron chi connectivity index (χ0n) is 14.8. The molecule has 1 heterocycles. The van der Waals surface area contributed by atoms with Crippen molar-refractivity contribution in [3.8, 4) is 17.1 Å². The molecule has 5 nitrogen and oxygen atoms in total. The summed E-state index contributed by atoms with van der Waals surface area (Å²) in [5.74, 6) is 1.64. The minimum Gasteiger partial charge on any atom is -0.496 e. The fourth-order valence-electron chi connectivity index (χ4n) is 2.57. The molecule has 0 radical (unpaired) electrons. The number of methoxy groups -OCH3 is 1. The van der Waals surface area contributed by atoms with E-state index in [0.717, 1.165) is 5.56 Å². The monoisotopic (exact) mass is 399 g/mol. The Morgan fingerprint density at radius 2 is 1.96 bits per heavy atom. The normalized spacial score (nSPS) is 10.6. The second-order valence-corrected chi connectivity index (χ2v) is 7.00. The lowest BCUT2D eigenvalue weighted by Gasteiger charge is -2.10. The summed E-state index contributed by atoms with van der Waals surface area (Å²) in [4.78, 5) is 12.4. The highest BCUT2D eigenvalue weighted by atomic mass is 35.5. The molecule has 0 amide bonds. The number of para-hydroxylation sites is 1. The maximum atomic E-state index is 12.4. The van der Waals surface area contributed by atoms with E-state index in [0.29, 0.717) is 33.9 Å². The first-order valence-corrected chi connectivity index (χ1v) is 9.59. The number of hydrogen-bond donors (Lipinski definition) is 0. The predicted octanol–water partition coefficient (Wildman–Crippen LogP) is 4.77. The Labute approximate surface area is 167 Å². The number of rotatable bonds is 8. The van der Waals surface area contributed by atoms with E-state index in [4.69, 9.17) is 16.3 Å². The maximum absolute atomic E-state index is 12.4.